The smallest absolute Gasteiger partial charge is 0.336 e. The summed E-state index contributed by atoms with van der Waals surface area (Å²) in [7, 11) is 0. The molecule has 1 aliphatic heterocycles. The highest BCUT2D eigenvalue weighted by molar-refractivity contribution is 6.30. The molecule has 3 aromatic rings. The van der Waals surface area contributed by atoms with Crippen molar-refractivity contribution >= 4 is 29.1 Å². The Morgan fingerprint density at radius 2 is 1.68 bits per heavy atom. The Morgan fingerprint density at radius 1 is 0.951 bits per heavy atom. The van der Waals surface area contributed by atoms with Crippen LogP contribution >= 0.6 is 11.6 Å². The molecule has 0 radical (unpaired) electrons. The van der Waals surface area contributed by atoms with Crippen LogP contribution in [0, 0.1) is 5.92 Å². The van der Waals surface area contributed by atoms with Gasteiger partial charge < -0.3 is 19.3 Å². The Balaban J connectivity index is 1.46. The van der Waals surface area contributed by atoms with Crippen LogP contribution in [-0.4, -0.2) is 42.4 Å². The number of allylic oxidation sites excluding steroid dienone is 1. The molecule has 0 spiro atoms. The van der Waals surface area contributed by atoms with Crippen LogP contribution in [0.3, 0.4) is 0 Å². The van der Waals surface area contributed by atoms with Crippen molar-refractivity contribution < 1.29 is 28.9 Å². The van der Waals surface area contributed by atoms with Crippen LogP contribution in [0.15, 0.2) is 89.1 Å². The molecular weight excluding hydrogens is 542 g/mol. The van der Waals surface area contributed by atoms with Crippen LogP contribution in [-0.2, 0) is 14.3 Å². The average Bonchev–Trinajstić information content (AvgIpc) is 2.96. The van der Waals surface area contributed by atoms with E-state index in [0.29, 0.717) is 47.1 Å². The van der Waals surface area contributed by atoms with Gasteiger partial charge in [0.05, 0.1) is 18.1 Å². The number of carbonyl (C=O) groups excluding carboxylic acids is 2. The number of para-hydroxylation sites is 1. The molecule has 7 nitrogen and oxygen atoms in total. The van der Waals surface area contributed by atoms with Crippen molar-refractivity contribution in [3.05, 3.63) is 100 Å². The normalized spacial score (nSPS) is 20.2. The average molecular weight is 574 g/mol. The number of aliphatic imine (C=N–C) groups is 1. The number of fused-ring (bicyclic) bond motifs is 1. The Morgan fingerprint density at radius 3 is 2.41 bits per heavy atom. The fraction of sp³-hybridized carbons (Fsp3) is 0.303. The summed E-state index contributed by atoms with van der Waals surface area (Å²) >= 11 is 6.09. The predicted molar refractivity (Wildman–Crippen MR) is 157 cm³/mol. The van der Waals surface area contributed by atoms with Crippen LogP contribution in [0.4, 0.5) is 0 Å². The van der Waals surface area contributed by atoms with Crippen molar-refractivity contribution in [3.63, 3.8) is 0 Å². The summed E-state index contributed by atoms with van der Waals surface area (Å²) in [5, 5.41) is 11.0. The van der Waals surface area contributed by atoms with E-state index in [1.807, 2.05) is 61.5 Å². The van der Waals surface area contributed by atoms with Gasteiger partial charge in [-0.3, -0.25) is 9.79 Å². The fourth-order valence-corrected chi connectivity index (χ4v) is 5.78. The second-order valence-electron chi connectivity index (χ2n) is 10.1. The second-order valence-corrected chi connectivity index (χ2v) is 10.6. The lowest BCUT2D eigenvalue weighted by Gasteiger charge is -2.38. The summed E-state index contributed by atoms with van der Waals surface area (Å²) in [6.07, 6.45) is 0.889. The van der Waals surface area contributed by atoms with Crippen LogP contribution in [0.25, 0.3) is 0 Å². The molecule has 1 N–H and O–H groups in total. The fourth-order valence-electron chi connectivity index (χ4n) is 5.66. The molecule has 0 amide bonds. The molecule has 41 heavy (non-hydrogen) atoms. The maximum atomic E-state index is 13.9. The quantitative estimate of drug-likeness (QED) is 0.228. The maximum absolute atomic E-state index is 13.9. The minimum absolute atomic E-state index is 0.00352. The molecule has 3 aromatic carbocycles. The number of ketones is 1. The standard InChI is InChI=1S/C33H32ClNO6/c1-3-39-29-19-22(11-14-27(29)36)31-30(33(38)41-16-15-40-25-7-5-4-6-8-25)20(2)35-26-17-23(18-28(37)32(26)31)21-9-12-24(34)13-10-21/h4-14,19,23,31-32,36H,3,15-18H2,1-2H3/t23-,31+,32?/m0/s1. The third-order valence-electron chi connectivity index (χ3n) is 7.49. The number of ether oxygens (including phenoxy) is 3. The van der Waals surface area contributed by atoms with E-state index < -0.39 is 17.8 Å². The maximum Gasteiger partial charge on any atom is 0.336 e. The summed E-state index contributed by atoms with van der Waals surface area (Å²) in [5.41, 5.74) is 3.26. The highest BCUT2D eigenvalue weighted by Crippen LogP contribution is 2.47. The Kier molecular flexibility index (Phi) is 8.74. The van der Waals surface area contributed by atoms with E-state index in [-0.39, 0.29) is 36.4 Å². The second kappa shape index (κ2) is 12.6. The topological polar surface area (TPSA) is 94.4 Å². The number of benzene rings is 3. The van der Waals surface area contributed by atoms with Crippen molar-refractivity contribution in [1.82, 2.24) is 0 Å². The highest BCUT2D eigenvalue weighted by atomic mass is 35.5. The van der Waals surface area contributed by atoms with E-state index >= 15 is 0 Å². The number of nitrogens with zero attached hydrogens (tertiary/aromatic N) is 1. The van der Waals surface area contributed by atoms with E-state index in [9.17, 15) is 14.7 Å². The highest BCUT2D eigenvalue weighted by Gasteiger charge is 2.46. The van der Waals surface area contributed by atoms with Crippen molar-refractivity contribution in [1.29, 1.82) is 0 Å². The molecule has 0 saturated heterocycles. The molecule has 0 bridgehead atoms. The van der Waals surface area contributed by atoms with E-state index in [1.54, 1.807) is 19.1 Å². The first kappa shape index (κ1) is 28.4. The zero-order valence-corrected chi connectivity index (χ0v) is 23.8. The van der Waals surface area contributed by atoms with E-state index in [1.165, 1.54) is 6.07 Å². The van der Waals surface area contributed by atoms with Crippen molar-refractivity contribution in [2.24, 2.45) is 10.9 Å². The zero-order valence-electron chi connectivity index (χ0n) is 23.0. The van der Waals surface area contributed by atoms with Gasteiger partial charge in [-0.05, 0) is 73.7 Å². The van der Waals surface area contributed by atoms with Crippen molar-refractivity contribution in [2.45, 2.75) is 38.5 Å². The number of phenolic OH excluding ortho intramolecular Hbond substituents is 1. The molecule has 0 aromatic heterocycles. The summed E-state index contributed by atoms with van der Waals surface area (Å²) in [5.74, 6) is -0.904. The van der Waals surface area contributed by atoms with Gasteiger partial charge in [-0.2, -0.15) is 0 Å². The van der Waals surface area contributed by atoms with Gasteiger partial charge in [-0.1, -0.05) is 48.0 Å². The number of hydrogen-bond acceptors (Lipinski definition) is 7. The van der Waals surface area contributed by atoms with Crippen molar-refractivity contribution in [2.75, 3.05) is 19.8 Å². The summed E-state index contributed by atoms with van der Waals surface area (Å²) in [6, 6.07) is 21.8. The lowest BCUT2D eigenvalue weighted by Crippen LogP contribution is -2.41. The third kappa shape index (κ3) is 6.30. The van der Waals surface area contributed by atoms with Crippen molar-refractivity contribution in [3.8, 4) is 17.2 Å². The van der Waals surface area contributed by atoms with Gasteiger partial charge in [0.2, 0.25) is 0 Å². The molecule has 1 saturated carbocycles. The zero-order chi connectivity index (χ0) is 28.9. The van der Waals surface area contributed by atoms with E-state index in [2.05, 4.69) is 0 Å². The Bertz CT molecular complexity index is 1480. The van der Waals surface area contributed by atoms with E-state index in [0.717, 1.165) is 11.3 Å². The number of hydrogen-bond donors (Lipinski definition) is 1. The molecule has 1 fully saturated rings. The Hall–Kier alpha value is -4.10. The largest absolute Gasteiger partial charge is 0.504 e. The first-order chi connectivity index (χ1) is 19.9. The number of phenols is 1. The van der Waals surface area contributed by atoms with Gasteiger partial charge in [-0.15, -0.1) is 0 Å². The third-order valence-corrected chi connectivity index (χ3v) is 7.74. The molecule has 3 atom stereocenters. The SMILES string of the molecule is CCOc1cc([C@@H]2C(C(=O)OCCOc3ccccc3)=C(C)N=C3C[C@H](c4ccc(Cl)cc4)CC(=O)C32)ccc1O. The number of esters is 1. The molecule has 1 aliphatic carbocycles. The number of halogens is 1. The molecule has 8 heteroatoms. The monoisotopic (exact) mass is 573 g/mol. The van der Waals surface area contributed by atoms with Gasteiger partial charge in [0.25, 0.3) is 0 Å². The number of Topliss-reactive ketones (excluding diaryl/α,β-unsaturated/α-hetero) is 1. The summed E-state index contributed by atoms with van der Waals surface area (Å²) in [4.78, 5) is 32.2. The van der Waals surface area contributed by atoms with Gasteiger partial charge in [-0.25, -0.2) is 4.79 Å². The minimum Gasteiger partial charge on any atom is -0.504 e. The Labute approximate surface area is 244 Å². The lowest BCUT2D eigenvalue weighted by atomic mass is 9.66. The number of carbonyl (C=O) groups is 2. The summed E-state index contributed by atoms with van der Waals surface area (Å²) in [6.45, 7) is 4.16. The first-order valence-electron chi connectivity index (χ1n) is 13.7. The number of rotatable bonds is 9. The molecule has 212 valence electrons. The molecule has 2 aliphatic rings. The van der Waals surface area contributed by atoms with Gasteiger partial charge in [0, 0.05) is 28.8 Å². The van der Waals surface area contributed by atoms with Crippen LogP contribution in [0.1, 0.15) is 49.7 Å². The number of aromatic hydroxyl groups is 1. The van der Waals surface area contributed by atoms with Gasteiger partial charge in [0.1, 0.15) is 24.7 Å². The minimum atomic E-state index is -0.636. The van der Waals surface area contributed by atoms with Crippen LogP contribution in [0.2, 0.25) is 5.02 Å². The predicted octanol–water partition coefficient (Wildman–Crippen LogP) is 6.64. The molecule has 1 unspecified atom stereocenters. The van der Waals surface area contributed by atoms with Crippen LogP contribution in [0.5, 0.6) is 17.2 Å². The first-order valence-corrected chi connectivity index (χ1v) is 14.1. The molecular formula is C33H32ClNO6. The lowest BCUT2D eigenvalue weighted by molar-refractivity contribution is -0.140. The molecule has 5 rings (SSSR count). The van der Waals surface area contributed by atoms with Gasteiger partial charge in [0.15, 0.2) is 11.5 Å². The summed E-state index contributed by atoms with van der Waals surface area (Å²) < 4.78 is 17.0. The van der Waals surface area contributed by atoms with Gasteiger partial charge >= 0.3 is 5.97 Å². The van der Waals surface area contributed by atoms with Crippen LogP contribution < -0.4 is 9.47 Å². The van der Waals surface area contributed by atoms with E-state index in [4.69, 9.17) is 30.8 Å². The molecule has 1 heterocycles.